The number of carbonyl (C=O) groups is 1. The molecule has 1 aromatic carbocycles. The van der Waals surface area contributed by atoms with E-state index in [9.17, 15) is 18.0 Å². The standard InChI is InChI=1S/C25H25F3N4O3/c1-3-16-10-11-32(15-16)23-21(17-4-9-22(34-2)29-13-17)12-18(14-30-23)24(33)31-19-5-7-20(8-6-19)35-25(26,27)28/h4-9,12-14,16H,3,10-11,15H2,1-2H3,(H,31,33)/t16-/m1/s1. The Kier molecular flexibility index (Phi) is 7.09. The van der Waals surface area contributed by atoms with Crippen molar-refractivity contribution < 1.29 is 27.4 Å². The van der Waals surface area contributed by atoms with E-state index < -0.39 is 12.3 Å². The summed E-state index contributed by atoms with van der Waals surface area (Å²) in [6, 6.07) is 10.3. The second kappa shape index (κ2) is 10.2. The summed E-state index contributed by atoms with van der Waals surface area (Å²) in [5, 5.41) is 2.69. The molecule has 0 unspecified atom stereocenters. The molecule has 0 bridgehead atoms. The number of alkyl halides is 3. The molecule has 0 spiro atoms. The summed E-state index contributed by atoms with van der Waals surface area (Å²) < 4.78 is 46.1. The number of rotatable bonds is 7. The maximum absolute atomic E-state index is 12.9. The SMILES string of the molecule is CC[C@@H]1CCN(c2ncc(C(=O)Nc3ccc(OC(F)(F)F)cc3)cc2-c2ccc(OC)nc2)C1. The van der Waals surface area contributed by atoms with Crippen LogP contribution >= 0.6 is 0 Å². The highest BCUT2D eigenvalue weighted by Gasteiger charge is 2.31. The zero-order valence-electron chi connectivity index (χ0n) is 19.3. The second-order valence-corrected chi connectivity index (χ2v) is 8.22. The first kappa shape index (κ1) is 24.3. The zero-order valence-corrected chi connectivity index (χ0v) is 19.3. The van der Waals surface area contributed by atoms with Gasteiger partial charge in [-0.25, -0.2) is 9.97 Å². The molecule has 1 N–H and O–H groups in total. The topological polar surface area (TPSA) is 76.6 Å². The highest BCUT2D eigenvalue weighted by molar-refractivity contribution is 6.05. The third-order valence-corrected chi connectivity index (χ3v) is 5.89. The van der Waals surface area contributed by atoms with Gasteiger partial charge in [0.2, 0.25) is 5.88 Å². The summed E-state index contributed by atoms with van der Waals surface area (Å²) in [5.74, 6) is 1.03. The summed E-state index contributed by atoms with van der Waals surface area (Å²) in [6.45, 7) is 3.93. The van der Waals surface area contributed by atoms with Crippen LogP contribution in [0.3, 0.4) is 0 Å². The van der Waals surface area contributed by atoms with Crippen LogP contribution in [0.1, 0.15) is 30.1 Å². The molecule has 1 aliphatic heterocycles. The third kappa shape index (κ3) is 6.00. The van der Waals surface area contributed by atoms with Crippen LogP contribution in [0.5, 0.6) is 11.6 Å². The van der Waals surface area contributed by atoms with Crippen molar-refractivity contribution in [1.29, 1.82) is 0 Å². The first-order valence-electron chi connectivity index (χ1n) is 11.2. The van der Waals surface area contributed by atoms with Gasteiger partial charge in [0, 0.05) is 48.4 Å². The fraction of sp³-hybridized carbons (Fsp3) is 0.320. The number of ether oxygens (including phenoxy) is 2. The monoisotopic (exact) mass is 486 g/mol. The van der Waals surface area contributed by atoms with Crippen molar-refractivity contribution in [2.75, 3.05) is 30.4 Å². The van der Waals surface area contributed by atoms with Crippen molar-refractivity contribution in [2.45, 2.75) is 26.1 Å². The Balaban J connectivity index is 1.59. The number of benzene rings is 1. The molecule has 1 amide bonds. The predicted molar refractivity (Wildman–Crippen MR) is 126 cm³/mol. The fourth-order valence-corrected chi connectivity index (χ4v) is 4.01. The van der Waals surface area contributed by atoms with E-state index in [4.69, 9.17) is 4.74 Å². The molecular formula is C25H25F3N4O3. The average Bonchev–Trinajstić information content (AvgIpc) is 3.33. The smallest absolute Gasteiger partial charge is 0.481 e. The van der Waals surface area contributed by atoms with Gasteiger partial charge in [0.1, 0.15) is 11.6 Å². The van der Waals surface area contributed by atoms with Crippen molar-refractivity contribution in [3.8, 4) is 22.8 Å². The normalized spacial score (nSPS) is 15.7. The largest absolute Gasteiger partial charge is 0.573 e. The molecule has 2 aromatic heterocycles. The van der Waals surface area contributed by atoms with Crippen molar-refractivity contribution >= 4 is 17.4 Å². The van der Waals surface area contributed by atoms with E-state index in [1.807, 2.05) is 6.07 Å². The molecule has 10 heteroatoms. The van der Waals surface area contributed by atoms with E-state index >= 15 is 0 Å². The molecule has 4 rings (SSSR count). The summed E-state index contributed by atoms with van der Waals surface area (Å²) in [6.07, 6.45) is 0.564. The highest BCUT2D eigenvalue weighted by Crippen LogP contribution is 2.34. The van der Waals surface area contributed by atoms with Crippen molar-refractivity contribution in [3.63, 3.8) is 0 Å². The zero-order chi connectivity index (χ0) is 25.0. The average molecular weight is 486 g/mol. The van der Waals surface area contributed by atoms with Gasteiger partial charge in [-0.2, -0.15) is 0 Å². The Morgan fingerprint density at radius 1 is 1.14 bits per heavy atom. The minimum atomic E-state index is -4.78. The van der Waals surface area contributed by atoms with E-state index in [1.165, 1.54) is 25.4 Å². The summed E-state index contributed by atoms with van der Waals surface area (Å²) in [4.78, 5) is 24.1. The number of nitrogens with zero attached hydrogens (tertiary/aromatic N) is 3. The Morgan fingerprint density at radius 3 is 2.51 bits per heavy atom. The quantitative estimate of drug-likeness (QED) is 0.473. The Morgan fingerprint density at radius 2 is 1.91 bits per heavy atom. The van der Waals surface area contributed by atoms with E-state index in [0.29, 0.717) is 23.0 Å². The molecule has 7 nitrogen and oxygen atoms in total. The van der Waals surface area contributed by atoms with Gasteiger partial charge in [-0.1, -0.05) is 13.3 Å². The molecule has 35 heavy (non-hydrogen) atoms. The lowest BCUT2D eigenvalue weighted by Gasteiger charge is -2.21. The molecule has 0 radical (unpaired) electrons. The minimum Gasteiger partial charge on any atom is -0.481 e. The molecule has 3 heterocycles. The van der Waals surface area contributed by atoms with Crippen LogP contribution in [0.25, 0.3) is 11.1 Å². The van der Waals surface area contributed by atoms with Gasteiger partial charge in [-0.15, -0.1) is 13.2 Å². The van der Waals surface area contributed by atoms with Gasteiger partial charge in [-0.05, 0) is 48.7 Å². The van der Waals surface area contributed by atoms with E-state index in [-0.39, 0.29) is 5.75 Å². The molecule has 1 fully saturated rings. The van der Waals surface area contributed by atoms with Crippen LogP contribution in [-0.2, 0) is 0 Å². The van der Waals surface area contributed by atoms with E-state index in [2.05, 4.69) is 31.8 Å². The summed E-state index contributed by atoms with van der Waals surface area (Å²) in [7, 11) is 1.54. The van der Waals surface area contributed by atoms with Gasteiger partial charge < -0.3 is 19.7 Å². The van der Waals surface area contributed by atoms with E-state index in [1.54, 1.807) is 18.3 Å². The van der Waals surface area contributed by atoms with E-state index in [0.717, 1.165) is 55.0 Å². The Bertz CT molecular complexity index is 1170. The van der Waals surface area contributed by atoms with Gasteiger partial charge >= 0.3 is 6.36 Å². The minimum absolute atomic E-state index is 0.307. The van der Waals surface area contributed by atoms with Crippen molar-refractivity contribution in [3.05, 3.63) is 60.4 Å². The van der Waals surface area contributed by atoms with Gasteiger partial charge in [0.15, 0.2) is 0 Å². The second-order valence-electron chi connectivity index (χ2n) is 8.22. The number of hydrogen-bond acceptors (Lipinski definition) is 6. The fourth-order valence-electron chi connectivity index (χ4n) is 4.01. The van der Waals surface area contributed by atoms with Gasteiger partial charge in [-0.3, -0.25) is 4.79 Å². The number of hydrogen-bond donors (Lipinski definition) is 1. The third-order valence-electron chi connectivity index (χ3n) is 5.89. The predicted octanol–water partition coefficient (Wildman–Crippen LogP) is 5.54. The van der Waals surface area contributed by atoms with Gasteiger partial charge in [0.05, 0.1) is 12.7 Å². The number of pyridine rings is 2. The number of methoxy groups -OCH3 is 1. The Hall–Kier alpha value is -3.82. The summed E-state index contributed by atoms with van der Waals surface area (Å²) >= 11 is 0. The van der Waals surface area contributed by atoms with Gasteiger partial charge in [0.25, 0.3) is 5.91 Å². The lowest BCUT2D eigenvalue weighted by molar-refractivity contribution is -0.274. The van der Waals surface area contributed by atoms with Crippen LogP contribution in [0, 0.1) is 5.92 Å². The maximum atomic E-state index is 12.9. The molecule has 1 aliphatic rings. The Labute approximate surface area is 200 Å². The van der Waals surface area contributed by atoms with Crippen LogP contribution in [0.15, 0.2) is 54.9 Å². The highest BCUT2D eigenvalue weighted by atomic mass is 19.4. The maximum Gasteiger partial charge on any atom is 0.573 e. The molecule has 184 valence electrons. The molecular weight excluding hydrogens is 461 g/mol. The van der Waals surface area contributed by atoms with Crippen LogP contribution in [-0.4, -0.2) is 42.4 Å². The van der Waals surface area contributed by atoms with Crippen molar-refractivity contribution in [1.82, 2.24) is 9.97 Å². The van der Waals surface area contributed by atoms with Crippen LogP contribution in [0.2, 0.25) is 0 Å². The number of amides is 1. The summed E-state index contributed by atoms with van der Waals surface area (Å²) in [5.41, 5.74) is 2.18. The molecule has 0 aliphatic carbocycles. The number of carbonyl (C=O) groups excluding carboxylic acids is 1. The first-order chi connectivity index (χ1) is 16.8. The molecule has 1 atom stereocenters. The number of aromatic nitrogens is 2. The number of nitrogens with one attached hydrogen (secondary N) is 1. The first-order valence-corrected chi connectivity index (χ1v) is 11.2. The molecule has 3 aromatic rings. The molecule has 1 saturated heterocycles. The van der Waals surface area contributed by atoms with Crippen LogP contribution < -0.4 is 19.7 Å². The van der Waals surface area contributed by atoms with Crippen molar-refractivity contribution in [2.24, 2.45) is 5.92 Å². The lowest BCUT2D eigenvalue weighted by Crippen LogP contribution is -2.22. The number of anilines is 2. The van der Waals surface area contributed by atoms with Crippen LogP contribution in [0.4, 0.5) is 24.7 Å². The molecule has 0 saturated carbocycles. The lowest BCUT2D eigenvalue weighted by atomic mass is 10.0. The number of halogens is 3.